The van der Waals surface area contributed by atoms with Crippen LogP contribution >= 0.6 is 0 Å². The van der Waals surface area contributed by atoms with E-state index < -0.39 is 11.7 Å². The van der Waals surface area contributed by atoms with E-state index in [0.29, 0.717) is 5.70 Å². The molecular weight excluding hydrogens is 319 g/mol. The number of allylic oxidation sites excluding steroid dienone is 1. The van der Waals surface area contributed by atoms with E-state index in [2.05, 4.69) is 5.53 Å². The van der Waals surface area contributed by atoms with Crippen LogP contribution in [0.5, 0.6) is 0 Å². The molecule has 0 bridgehead atoms. The first-order chi connectivity index (χ1) is 11.4. The Morgan fingerprint density at radius 2 is 1.71 bits per heavy atom. The van der Waals surface area contributed by atoms with Gasteiger partial charge in [0.25, 0.3) is 0 Å². The van der Waals surface area contributed by atoms with E-state index in [1.165, 1.54) is 17.1 Å². The molecule has 0 amide bonds. The van der Waals surface area contributed by atoms with E-state index in [4.69, 9.17) is 0 Å². The van der Waals surface area contributed by atoms with Crippen molar-refractivity contribution in [3.63, 3.8) is 0 Å². The molecule has 2 aromatic rings. The fraction of sp³-hybridized carbons (Fsp3) is 0.0588. The predicted molar refractivity (Wildman–Crippen MR) is 83.7 cm³/mol. The molecule has 0 fully saturated rings. The molecule has 0 saturated heterocycles. The Hall–Kier alpha value is -2.93. The van der Waals surface area contributed by atoms with Crippen molar-refractivity contribution in [2.45, 2.75) is 6.18 Å². The van der Waals surface area contributed by atoms with Gasteiger partial charge in [-0.05, 0) is 41.4 Å². The van der Waals surface area contributed by atoms with Crippen molar-refractivity contribution in [1.29, 1.82) is 0 Å². The van der Waals surface area contributed by atoms with Crippen molar-refractivity contribution >= 4 is 17.5 Å². The van der Waals surface area contributed by atoms with Crippen molar-refractivity contribution in [2.24, 2.45) is 0 Å². The Bertz CT molecular complexity index is 873. The molecule has 24 heavy (non-hydrogen) atoms. The van der Waals surface area contributed by atoms with Gasteiger partial charge in [-0.25, -0.2) is 10.0 Å². The van der Waals surface area contributed by atoms with Crippen molar-refractivity contribution < 1.29 is 18.3 Å². The summed E-state index contributed by atoms with van der Waals surface area (Å²) in [6.07, 6.45) is -0.963. The minimum Gasteiger partial charge on any atom is -0.492 e. The van der Waals surface area contributed by atoms with Crippen molar-refractivity contribution in [2.75, 3.05) is 10.0 Å². The number of para-hydroxylation sites is 1. The fourth-order valence-electron chi connectivity index (χ4n) is 2.68. The zero-order valence-electron chi connectivity index (χ0n) is 12.2. The molecule has 0 atom stereocenters. The van der Waals surface area contributed by atoms with Gasteiger partial charge in [0.15, 0.2) is 0 Å². The highest BCUT2D eigenvalue weighted by Gasteiger charge is 2.36. The average Bonchev–Trinajstić information content (AvgIpc) is 2.92. The summed E-state index contributed by atoms with van der Waals surface area (Å²) in [6, 6.07) is 12.1. The van der Waals surface area contributed by atoms with Crippen LogP contribution in [0.2, 0.25) is 0 Å². The van der Waals surface area contributed by atoms with Crippen LogP contribution in [-0.2, 0) is 6.18 Å². The highest BCUT2D eigenvalue weighted by atomic mass is 19.4. The molecule has 1 radical (unpaired) electrons. The number of rotatable bonds is 1. The molecule has 2 heterocycles. The Kier molecular flexibility index (Phi) is 3.07. The van der Waals surface area contributed by atoms with Crippen molar-refractivity contribution in [3.05, 3.63) is 77.3 Å². The maximum absolute atomic E-state index is 12.9. The molecule has 4 nitrogen and oxygen atoms in total. The van der Waals surface area contributed by atoms with Crippen molar-refractivity contribution in [1.82, 2.24) is 5.53 Å². The first-order valence-electron chi connectivity index (χ1n) is 7.14. The minimum atomic E-state index is -4.46. The van der Waals surface area contributed by atoms with Crippen LogP contribution in [0, 0.1) is 0 Å². The predicted octanol–water partition coefficient (Wildman–Crippen LogP) is 4.22. The van der Waals surface area contributed by atoms with E-state index in [0.717, 1.165) is 28.4 Å². The van der Waals surface area contributed by atoms with Gasteiger partial charge >= 0.3 is 6.18 Å². The lowest BCUT2D eigenvalue weighted by Crippen LogP contribution is -2.35. The van der Waals surface area contributed by atoms with Gasteiger partial charge in [-0.15, -0.1) is 0 Å². The topological polar surface area (TPSA) is 40.8 Å². The lowest BCUT2D eigenvalue weighted by atomic mass is 10.1. The number of hydrogen-bond acceptors (Lipinski definition) is 3. The third-order valence-electron chi connectivity index (χ3n) is 3.84. The lowest BCUT2D eigenvalue weighted by molar-refractivity contribution is -0.137. The van der Waals surface area contributed by atoms with Crippen LogP contribution in [0.15, 0.2) is 66.2 Å². The number of hydrogen-bond donors (Lipinski definition) is 1. The number of nitrogens with zero attached hydrogens (tertiary/aromatic N) is 3. The van der Waals surface area contributed by atoms with Crippen molar-refractivity contribution in [3.8, 4) is 0 Å². The number of aliphatic hydroxyl groups is 1. The summed E-state index contributed by atoms with van der Waals surface area (Å²) in [6.45, 7) is 0. The summed E-state index contributed by atoms with van der Waals surface area (Å²) < 4.78 is 38.7. The molecule has 2 aromatic carbocycles. The lowest BCUT2D eigenvalue weighted by Gasteiger charge is -2.24. The highest BCUT2D eigenvalue weighted by Crippen LogP contribution is 2.38. The normalized spacial score (nSPS) is 16.5. The molecule has 7 heteroatoms. The van der Waals surface area contributed by atoms with Gasteiger partial charge in [-0.2, -0.15) is 13.2 Å². The summed E-state index contributed by atoms with van der Waals surface area (Å²) >= 11 is 0. The Balaban J connectivity index is 1.74. The van der Waals surface area contributed by atoms with Gasteiger partial charge in [-0.1, -0.05) is 30.3 Å². The second-order valence-electron chi connectivity index (χ2n) is 5.36. The molecule has 0 spiro atoms. The number of halogens is 3. The van der Waals surface area contributed by atoms with Crippen LogP contribution in [-0.4, -0.2) is 5.11 Å². The maximum Gasteiger partial charge on any atom is 0.416 e. The molecule has 4 rings (SSSR count). The number of fused-ring (bicyclic) bond motifs is 3. The summed E-state index contributed by atoms with van der Waals surface area (Å²) in [7, 11) is 0. The second-order valence-corrected chi connectivity index (χ2v) is 5.36. The highest BCUT2D eigenvalue weighted by molar-refractivity contribution is 5.78. The van der Waals surface area contributed by atoms with Crippen LogP contribution < -0.4 is 15.6 Å². The van der Waals surface area contributed by atoms with Gasteiger partial charge < -0.3 is 5.11 Å². The molecular formula is C17H11F3N3O. The molecule has 0 unspecified atom stereocenters. The Morgan fingerprint density at radius 1 is 0.917 bits per heavy atom. The van der Waals surface area contributed by atoms with E-state index in [1.54, 1.807) is 6.08 Å². The third-order valence-corrected chi connectivity index (χ3v) is 3.84. The molecule has 121 valence electrons. The van der Waals surface area contributed by atoms with Crippen LogP contribution in [0.4, 0.5) is 24.5 Å². The quantitative estimate of drug-likeness (QED) is 0.851. The van der Waals surface area contributed by atoms with Crippen LogP contribution in [0.1, 0.15) is 11.1 Å². The Morgan fingerprint density at radius 3 is 2.50 bits per heavy atom. The third kappa shape index (κ3) is 2.21. The molecule has 2 aliphatic heterocycles. The Labute approximate surface area is 135 Å². The minimum absolute atomic E-state index is 0.134. The molecule has 2 aliphatic rings. The van der Waals surface area contributed by atoms with E-state index in [-0.39, 0.29) is 11.6 Å². The molecule has 1 N–H and O–H groups in total. The zero-order valence-corrected chi connectivity index (χ0v) is 12.2. The van der Waals surface area contributed by atoms with Gasteiger partial charge in [-0.3, -0.25) is 0 Å². The van der Waals surface area contributed by atoms with Gasteiger partial charge in [0.1, 0.15) is 5.70 Å². The molecule has 0 aromatic heterocycles. The van der Waals surface area contributed by atoms with Crippen LogP contribution in [0.25, 0.3) is 6.08 Å². The van der Waals surface area contributed by atoms with Gasteiger partial charge in [0.2, 0.25) is 5.88 Å². The van der Waals surface area contributed by atoms with Crippen LogP contribution in [0.3, 0.4) is 0 Å². The second kappa shape index (κ2) is 5.04. The average molecular weight is 330 g/mol. The van der Waals surface area contributed by atoms with E-state index >= 15 is 0 Å². The summed E-state index contributed by atoms with van der Waals surface area (Å²) in [5.41, 5.74) is 5.65. The van der Waals surface area contributed by atoms with Gasteiger partial charge in [0, 0.05) is 0 Å². The largest absolute Gasteiger partial charge is 0.492 e. The van der Waals surface area contributed by atoms with E-state index in [9.17, 15) is 18.3 Å². The van der Waals surface area contributed by atoms with Gasteiger partial charge in [0.05, 0.1) is 16.9 Å². The standard InChI is InChI=1S/C17H11F3N3O/c18-17(19,20)12-5-3-6-13(10-12)22-16(24)15-9-8-11-4-1-2-7-14(11)23(15)21-22/h1-10,24H. The summed E-state index contributed by atoms with van der Waals surface area (Å²) in [5.74, 6) is -0.222. The zero-order chi connectivity index (χ0) is 16.9. The monoisotopic (exact) mass is 330 g/mol. The first-order valence-corrected chi connectivity index (χ1v) is 7.14. The number of alkyl halides is 3. The smallest absolute Gasteiger partial charge is 0.416 e. The fourth-order valence-corrected chi connectivity index (χ4v) is 2.68. The number of aliphatic hydroxyl groups excluding tert-OH is 1. The molecule has 0 saturated carbocycles. The summed E-state index contributed by atoms with van der Waals surface area (Å²) in [4.78, 5) is 0. The first kappa shape index (κ1) is 14.6. The summed E-state index contributed by atoms with van der Waals surface area (Å²) in [5, 5.41) is 13.0. The molecule has 0 aliphatic carbocycles. The van der Waals surface area contributed by atoms with E-state index in [1.807, 2.05) is 30.3 Å². The number of benzene rings is 2. The number of anilines is 2. The maximum atomic E-state index is 12.9. The SMILES string of the molecule is OC1=C2C=Cc3ccccc3N2[N]N1c1cccc(C(F)(F)F)c1.